The molecule has 1 aliphatic carbocycles. The van der Waals surface area contributed by atoms with Gasteiger partial charge in [0.2, 0.25) is 11.8 Å². The molecule has 0 radical (unpaired) electrons. The number of ether oxygens (including phenoxy) is 1. The van der Waals surface area contributed by atoms with Crippen molar-refractivity contribution in [3.8, 4) is 0 Å². The predicted octanol–water partition coefficient (Wildman–Crippen LogP) is 0.312. The lowest BCUT2D eigenvalue weighted by Gasteiger charge is -2.29. The molecule has 1 atom stereocenters. The Bertz CT molecular complexity index is 597. The van der Waals surface area contributed by atoms with E-state index >= 15 is 0 Å². The van der Waals surface area contributed by atoms with E-state index in [1.165, 1.54) is 12.8 Å². The number of likely N-dealkylation sites (tertiary alicyclic amines) is 1. The first kappa shape index (κ1) is 16.9. The summed E-state index contributed by atoms with van der Waals surface area (Å²) in [6, 6.07) is 0.431. The van der Waals surface area contributed by atoms with Gasteiger partial charge < -0.3 is 14.2 Å². The SMILES string of the molecule is CN(Cc1noc(C2CC2)n1)C1CCN(CC(=O)N2CCOCC2)C1. The lowest BCUT2D eigenvalue weighted by atomic mass is 10.2. The van der Waals surface area contributed by atoms with Gasteiger partial charge in [-0.05, 0) is 26.3 Å². The van der Waals surface area contributed by atoms with Crippen molar-refractivity contribution in [2.75, 3.05) is 53.0 Å². The van der Waals surface area contributed by atoms with Gasteiger partial charge >= 0.3 is 0 Å². The highest BCUT2D eigenvalue weighted by atomic mass is 16.5. The molecule has 0 aromatic carbocycles. The molecule has 4 rings (SSSR count). The third kappa shape index (κ3) is 4.19. The zero-order valence-corrected chi connectivity index (χ0v) is 14.9. The highest BCUT2D eigenvalue weighted by Gasteiger charge is 2.31. The average Bonchev–Trinajstić information content (AvgIpc) is 3.19. The van der Waals surface area contributed by atoms with Gasteiger partial charge in [-0.1, -0.05) is 5.16 Å². The average molecular weight is 349 g/mol. The number of nitrogens with zero attached hydrogens (tertiary/aromatic N) is 5. The Morgan fingerprint density at radius 1 is 1.24 bits per heavy atom. The van der Waals surface area contributed by atoms with Crippen LogP contribution in [0.15, 0.2) is 4.52 Å². The maximum Gasteiger partial charge on any atom is 0.236 e. The van der Waals surface area contributed by atoms with Crippen LogP contribution in [-0.2, 0) is 16.1 Å². The van der Waals surface area contributed by atoms with E-state index in [0.717, 1.165) is 44.3 Å². The van der Waals surface area contributed by atoms with E-state index in [4.69, 9.17) is 9.26 Å². The molecule has 138 valence electrons. The van der Waals surface area contributed by atoms with Crippen LogP contribution < -0.4 is 0 Å². The summed E-state index contributed by atoms with van der Waals surface area (Å²) in [7, 11) is 2.10. The second-order valence-corrected chi connectivity index (χ2v) is 7.41. The normalized spacial score (nSPS) is 25.0. The number of aromatic nitrogens is 2. The van der Waals surface area contributed by atoms with Gasteiger partial charge in [0.15, 0.2) is 5.82 Å². The Morgan fingerprint density at radius 2 is 2.04 bits per heavy atom. The summed E-state index contributed by atoms with van der Waals surface area (Å²) in [5, 5.41) is 4.10. The van der Waals surface area contributed by atoms with E-state index in [1.807, 2.05) is 4.90 Å². The zero-order chi connectivity index (χ0) is 17.2. The van der Waals surface area contributed by atoms with Crippen LogP contribution in [0.4, 0.5) is 0 Å². The lowest BCUT2D eigenvalue weighted by molar-refractivity contribution is -0.136. The van der Waals surface area contributed by atoms with Crippen LogP contribution in [-0.4, -0.2) is 89.8 Å². The fourth-order valence-electron chi connectivity index (χ4n) is 3.60. The van der Waals surface area contributed by atoms with Crippen molar-refractivity contribution in [2.45, 2.75) is 37.8 Å². The van der Waals surface area contributed by atoms with Gasteiger partial charge in [-0.2, -0.15) is 4.98 Å². The highest BCUT2D eigenvalue weighted by molar-refractivity contribution is 5.78. The van der Waals surface area contributed by atoms with Gasteiger partial charge in [0.05, 0.1) is 26.3 Å². The summed E-state index contributed by atoms with van der Waals surface area (Å²) in [5.41, 5.74) is 0. The second-order valence-electron chi connectivity index (χ2n) is 7.41. The molecule has 0 spiro atoms. The largest absolute Gasteiger partial charge is 0.378 e. The molecule has 8 nitrogen and oxygen atoms in total. The molecule has 1 saturated carbocycles. The molecule has 3 heterocycles. The van der Waals surface area contributed by atoms with E-state index in [1.54, 1.807) is 0 Å². The number of carbonyl (C=O) groups is 1. The van der Waals surface area contributed by atoms with Crippen LogP contribution in [0.2, 0.25) is 0 Å². The number of hydrogen-bond acceptors (Lipinski definition) is 7. The van der Waals surface area contributed by atoms with E-state index in [2.05, 4.69) is 27.0 Å². The molecule has 0 bridgehead atoms. The summed E-state index contributed by atoms with van der Waals surface area (Å²) in [6.45, 7) is 5.85. The van der Waals surface area contributed by atoms with Crippen molar-refractivity contribution < 1.29 is 14.1 Å². The summed E-state index contributed by atoms with van der Waals surface area (Å²) in [6.07, 6.45) is 3.42. The minimum Gasteiger partial charge on any atom is -0.378 e. The van der Waals surface area contributed by atoms with E-state index in [0.29, 0.717) is 38.3 Å². The van der Waals surface area contributed by atoms with Crippen molar-refractivity contribution in [1.82, 2.24) is 24.8 Å². The molecule has 1 aromatic rings. The minimum absolute atomic E-state index is 0.221. The first-order chi connectivity index (χ1) is 12.2. The van der Waals surface area contributed by atoms with Crippen molar-refractivity contribution >= 4 is 5.91 Å². The van der Waals surface area contributed by atoms with Crippen molar-refractivity contribution in [3.63, 3.8) is 0 Å². The van der Waals surface area contributed by atoms with Gasteiger partial charge in [-0.15, -0.1) is 0 Å². The molecule has 2 saturated heterocycles. The summed E-state index contributed by atoms with van der Waals surface area (Å²) < 4.78 is 10.6. The topological polar surface area (TPSA) is 74.9 Å². The molecule has 0 N–H and O–H groups in total. The number of hydrogen-bond donors (Lipinski definition) is 0. The Kier molecular flexibility index (Phi) is 5.00. The Morgan fingerprint density at radius 3 is 2.80 bits per heavy atom. The van der Waals surface area contributed by atoms with Crippen LogP contribution in [0.5, 0.6) is 0 Å². The summed E-state index contributed by atoms with van der Waals surface area (Å²) in [5.74, 6) is 2.29. The maximum atomic E-state index is 12.4. The third-order valence-electron chi connectivity index (χ3n) is 5.39. The molecule has 25 heavy (non-hydrogen) atoms. The molecule has 1 amide bonds. The van der Waals surface area contributed by atoms with E-state index < -0.39 is 0 Å². The first-order valence-electron chi connectivity index (χ1n) is 9.29. The highest BCUT2D eigenvalue weighted by Crippen LogP contribution is 2.38. The number of amides is 1. The fourth-order valence-corrected chi connectivity index (χ4v) is 3.60. The second kappa shape index (κ2) is 7.39. The Balaban J connectivity index is 1.24. The number of carbonyl (C=O) groups excluding carboxylic acids is 1. The summed E-state index contributed by atoms with van der Waals surface area (Å²) in [4.78, 5) is 23.3. The van der Waals surface area contributed by atoms with Gasteiger partial charge in [-0.3, -0.25) is 14.6 Å². The van der Waals surface area contributed by atoms with Crippen LogP contribution in [0.25, 0.3) is 0 Å². The molecule has 1 unspecified atom stereocenters. The molecule has 3 aliphatic rings. The maximum absolute atomic E-state index is 12.4. The molecular weight excluding hydrogens is 322 g/mol. The fraction of sp³-hybridized carbons (Fsp3) is 0.824. The number of rotatable bonds is 6. The zero-order valence-electron chi connectivity index (χ0n) is 14.9. The van der Waals surface area contributed by atoms with Gasteiger partial charge in [0, 0.05) is 38.1 Å². The van der Waals surface area contributed by atoms with Crippen molar-refractivity contribution in [1.29, 1.82) is 0 Å². The summed E-state index contributed by atoms with van der Waals surface area (Å²) >= 11 is 0. The monoisotopic (exact) mass is 349 g/mol. The molecule has 1 aromatic heterocycles. The number of morpholine rings is 1. The van der Waals surface area contributed by atoms with Crippen LogP contribution >= 0.6 is 0 Å². The van der Waals surface area contributed by atoms with Crippen LogP contribution in [0, 0.1) is 0 Å². The van der Waals surface area contributed by atoms with Crippen molar-refractivity contribution in [2.24, 2.45) is 0 Å². The van der Waals surface area contributed by atoms with Gasteiger partial charge in [0.1, 0.15) is 0 Å². The lowest BCUT2D eigenvalue weighted by Crippen LogP contribution is -2.45. The minimum atomic E-state index is 0.221. The number of likely N-dealkylation sites (N-methyl/N-ethyl adjacent to an activating group) is 1. The predicted molar refractivity (Wildman–Crippen MR) is 90.0 cm³/mol. The van der Waals surface area contributed by atoms with Gasteiger partial charge in [0.25, 0.3) is 0 Å². The standard InChI is InChI=1S/C17H27N5O3/c1-20(11-15-18-17(25-19-15)13-2-3-13)14-4-5-21(10-14)12-16(23)22-6-8-24-9-7-22/h13-14H,2-12H2,1H3. The Hall–Kier alpha value is -1.51. The molecule has 2 aliphatic heterocycles. The Labute approximate surface area is 148 Å². The molecule has 3 fully saturated rings. The van der Waals surface area contributed by atoms with Crippen LogP contribution in [0.1, 0.15) is 36.9 Å². The molecule has 8 heteroatoms. The third-order valence-corrected chi connectivity index (χ3v) is 5.39. The van der Waals surface area contributed by atoms with E-state index in [9.17, 15) is 4.79 Å². The van der Waals surface area contributed by atoms with Gasteiger partial charge in [-0.25, -0.2) is 0 Å². The van der Waals surface area contributed by atoms with Crippen molar-refractivity contribution in [3.05, 3.63) is 11.7 Å². The van der Waals surface area contributed by atoms with E-state index in [-0.39, 0.29) is 5.91 Å². The quantitative estimate of drug-likeness (QED) is 0.732. The first-order valence-corrected chi connectivity index (χ1v) is 9.29. The van der Waals surface area contributed by atoms with Crippen LogP contribution in [0.3, 0.4) is 0 Å². The smallest absolute Gasteiger partial charge is 0.236 e. The molecular formula is C17H27N5O3.